The Bertz CT molecular complexity index is 1010. The molecule has 1 saturated heterocycles. The highest BCUT2D eigenvalue weighted by Crippen LogP contribution is 2.43. The number of anilines is 2. The summed E-state index contributed by atoms with van der Waals surface area (Å²) >= 11 is 1.56. The molecule has 2 aromatic rings. The normalized spacial score (nSPS) is 18.7. The van der Waals surface area contributed by atoms with Crippen LogP contribution in [0.4, 0.5) is 11.4 Å². The van der Waals surface area contributed by atoms with Crippen molar-refractivity contribution in [3.8, 4) is 11.8 Å². The maximum Gasteiger partial charge on any atom is 0.229 e. The molecular formula is C23H24N4O2S. The van der Waals surface area contributed by atoms with E-state index in [0.717, 1.165) is 27.7 Å². The topological polar surface area (TPSA) is 59.8 Å². The molecule has 0 bridgehead atoms. The minimum absolute atomic E-state index is 0.0481. The van der Waals surface area contributed by atoms with Gasteiger partial charge >= 0.3 is 0 Å². The van der Waals surface area contributed by atoms with Gasteiger partial charge in [-0.2, -0.15) is 5.26 Å². The van der Waals surface area contributed by atoms with Crippen molar-refractivity contribution in [1.29, 1.82) is 5.26 Å². The molecule has 154 valence electrons. The molecule has 1 amide bonds. The van der Waals surface area contributed by atoms with Crippen LogP contribution in [0, 0.1) is 11.3 Å². The van der Waals surface area contributed by atoms with Crippen LogP contribution < -0.4 is 14.5 Å². The number of amides is 1. The average Bonchev–Trinajstić information content (AvgIpc) is 2.79. The molecule has 2 aliphatic rings. The number of allylic oxidation sites excluding steroid dienone is 1. The zero-order valence-electron chi connectivity index (χ0n) is 17.3. The fourth-order valence-corrected chi connectivity index (χ4v) is 4.98. The molecular weight excluding hydrogens is 396 g/mol. The van der Waals surface area contributed by atoms with Gasteiger partial charge in [-0.05, 0) is 42.0 Å². The highest BCUT2D eigenvalue weighted by atomic mass is 32.2. The third-order valence-electron chi connectivity index (χ3n) is 5.54. The van der Waals surface area contributed by atoms with E-state index in [4.69, 9.17) is 4.74 Å². The number of ether oxygens (including phenoxy) is 1. The predicted molar refractivity (Wildman–Crippen MR) is 120 cm³/mol. The highest BCUT2D eigenvalue weighted by Gasteiger charge is 2.38. The van der Waals surface area contributed by atoms with Crippen molar-refractivity contribution in [2.75, 3.05) is 43.6 Å². The lowest BCUT2D eigenvalue weighted by molar-refractivity contribution is -0.129. The van der Waals surface area contributed by atoms with E-state index in [0.29, 0.717) is 24.5 Å². The summed E-state index contributed by atoms with van der Waals surface area (Å²) in [5.74, 6) is 1.29. The van der Waals surface area contributed by atoms with E-state index in [9.17, 15) is 10.1 Å². The molecule has 1 atom stereocenters. The second-order valence-corrected chi connectivity index (χ2v) is 8.48. The summed E-state index contributed by atoms with van der Waals surface area (Å²) in [6.07, 6.45) is 0.298. The fourth-order valence-electron chi connectivity index (χ4n) is 3.81. The lowest BCUT2D eigenvalue weighted by Gasteiger charge is -2.42. The van der Waals surface area contributed by atoms with E-state index in [1.807, 2.05) is 38.4 Å². The number of hydrogen-bond donors (Lipinski definition) is 0. The van der Waals surface area contributed by atoms with Crippen LogP contribution in [0.5, 0.6) is 5.75 Å². The first-order valence-electron chi connectivity index (χ1n) is 9.75. The van der Waals surface area contributed by atoms with Crippen LogP contribution in [0.25, 0.3) is 0 Å². The van der Waals surface area contributed by atoms with Gasteiger partial charge in [0.2, 0.25) is 5.91 Å². The Morgan fingerprint density at radius 3 is 2.43 bits per heavy atom. The van der Waals surface area contributed by atoms with Gasteiger partial charge in [-0.25, -0.2) is 0 Å². The first-order chi connectivity index (χ1) is 14.5. The summed E-state index contributed by atoms with van der Waals surface area (Å²) in [5.41, 5.74) is 3.84. The molecule has 4 rings (SSSR count). The summed E-state index contributed by atoms with van der Waals surface area (Å²) < 4.78 is 5.23. The number of nitrogens with zero attached hydrogens (tertiary/aromatic N) is 4. The van der Waals surface area contributed by atoms with Crippen molar-refractivity contribution in [1.82, 2.24) is 4.90 Å². The number of thioether (sulfide) groups is 1. The smallest absolute Gasteiger partial charge is 0.229 e. The lowest BCUT2D eigenvalue weighted by Crippen LogP contribution is -2.47. The average molecular weight is 421 g/mol. The van der Waals surface area contributed by atoms with Crippen LogP contribution >= 0.6 is 11.8 Å². The van der Waals surface area contributed by atoms with Crippen LogP contribution in [-0.2, 0) is 4.79 Å². The van der Waals surface area contributed by atoms with Crippen LogP contribution in [0.3, 0.4) is 0 Å². The van der Waals surface area contributed by atoms with Gasteiger partial charge in [0.1, 0.15) is 5.75 Å². The monoisotopic (exact) mass is 420 g/mol. The van der Waals surface area contributed by atoms with Gasteiger partial charge in [0.15, 0.2) is 0 Å². The number of carbonyl (C=O) groups is 1. The van der Waals surface area contributed by atoms with Gasteiger partial charge in [-0.15, -0.1) is 0 Å². The summed E-state index contributed by atoms with van der Waals surface area (Å²) in [4.78, 5) is 19.0. The Morgan fingerprint density at radius 1 is 1.13 bits per heavy atom. The van der Waals surface area contributed by atoms with Crippen molar-refractivity contribution in [3.05, 3.63) is 64.7 Å². The molecule has 0 spiro atoms. The molecule has 2 heterocycles. The number of nitriles is 1. The molecule has 30 heavy (non-hydrogen) atoms. The van der Waals surface area contributed by atoms with E-state index < -0.39 is 0 Å². The number of hydrogen-bond acceptors (Lipinski definition) is 6. The zero-order valence-corrected chi connectivity index (χ0v) is 18.1. The standard InChI is InChI=1S/C23H24N4O2S/c1-25(2)17-6-8-18(9-7-17)26-14-27-22(28)12-20(21(13-24)23(27)30-15-26)16-4-10-19(29-3)11-5-16/h4-11,20H,12,14-15H2,1-3H3/t20-/m1/s1. The largest absolute Gasteiger partial charge is 0.497 e. The molecule has 0 aromatic heterocycles. The van der Waals surface area contributed by atoms with E-state index in [1.54, 1.807) is 23.8 Å². The first kappa shape index (κ1) is 20.2. The quantitative estimate of drug-likeness (QED) is 0.746. The van der Waals surface area contributed by atoms with Crippen LogP contribution in [-0.4, -0.2) is 44.6 Å². The van der Waals surface area contributed by atoms with Crippen molar-refractivity contribution in [2.24, 2.45) is 0 Å². The maximum atomic E-state index is 13.0. The third kappa shape index (κ3) is 3.71. The molecule has 6 nitrogen and oxygen atoms in total. The summed E-state index contributed by atoms with van der Waals surface area (Å²) in [6, 6.07) is 18.3. The molecule has 7 heteroatoms. The van der Waals surface area contributed by atoms with Gasteiger partial charge < -0.3 is 14.5 Å². The Balaban J connectivity index is 1.60. The van der Waals surface area contributed by atoms with Crippen molar-refractivity contribution in [2.45, 2.75) is 12.3 Å². The zero-order chi connectivity index (χ0) is 21.3. The molecule has 2 aliphatic heterocycles. The lowest BCUT2D eigenvalue weighted by atomic mass is 9.86. The van der Waals surface area contributed by atoms with Gasteiger partial charge in [0.25, 0.3) is 0 Å². The van der Waals surface area contributed by atoms with Crippen molar-refractivity contribution in [3.63, 3.8) is 0 Å². The fraction of sp³-hybridized carbons (Fsp3) is 0.304. The minimum atomic E-state index is -0.210. The van der Waals surface area contributed by atoms with Crippen molar-refractivity contribution < 1.29 is 9.53 Å². The molecule has 2 aromatic carbocycles. The van der Waals surface area contributed by atoms with Gasteiger partial charge in [-0.1, -0.05) is 23.9 Å². The Labute approximate surface area is 181 Å². The SMILES string of the molecule is COc1ccc([C@H]2CC(=O)N3CN(c4ccc(N(C)C)cc4)CSC3=C2C#N)cc1. The van der Waals surface area contributed by atoms with Gasteiger partial charge in [-0.3, -0.25) is 9.69 Å². The Morgan fingerprint density at radius 2 is 1.83 bits per heavy atom. The van der Waals surface area contributed by atoms with E-state index in [-0.39, 0.29) is 11.8 Å². The summed E-state index contributed by atoms with van der Waals surface area (Å²) in [7, 11) is 5.65. The predicted octanol–water partition coefficient (Wildman–Crippen LogP) is 3.98. The Hall–Kier alpha value is -3.11. The van der Waals surface area contributed by atoms with E-state index in [2.05, 4.69) is 40.1 Å². The minimum Gasteiger partial charge on any atom is -0.497 e. The second-order valence-electron chi connectivity index (χ2n) is 7.55. The number of benzene rings is 2. The number of fused-ring (bicyclic) bond motifs is 1. The van der Waals surface area contributed by atoms with Crippen LogP contribution in [0.15, 0.2) is 59.1 Å². The number of methoxy groups -OCH3 is 1. The molecule has 0 unspecified atom stereocenters. The Kier molecular flexibility index (Phi) is 5.60. The van der Waals surface area contributed by atoms with Crippen LogP contribution in [0.1, 0.15) is 17.9 Å². The summed E-state index contributed by atoms with van der Waals surface area (Å²) in [5, 5.41) is 10.7. The van der Waals surface area contributed by atoms with E-state index >= 15 is 0 Å². The van der Waals surface area contributed by atoms with Crippen LogP contribution in [0.2, 0.25) is 0 Å². The second kappa shape index (κ2) is 8.33. The number of carbonyl (C=O) groups excluding carboxylic acids is 1. The summed E-state index contributed by atoms with van der Waals surface area (Å²) in [6.45, 7) is 0.461. The third-order valence-corrected chi connectivity index (χ3v) is 6.70. The van der Waals surface area contributed by atoms with Crippen molar-refractivity contribution >= 4 is 29.0 Å². The van der Waals surface area contributed by atoms with Gasteiger partial charge in [0, 0.05) is 37.8 Å². The maximum absolute atomic E-state index is 13.0. The first-order valence-corrected chi connectivity index (χ1v) is 10.7. The molecule has 0 radical (unpaired) electrons. The molecule has 0 aliphatic carbocycles. The highest BCUT2D eigenvalue weighted by molar-refractivity contribution is 8.03. The molecule has 1 fully saturated rings. The molecule has 0 saturated carbocycles. The van der Waals surface area contributed by atoms with E-state index in [1.165, 1.54) is 0 Å². The molecule has 0 N–H and O–H groups in total. The van der Waals surface area contributed by atoms with Gasteiger partial charge in [0.05, 0.1) is 36.3 Å². The number of rotatable bonds is 4.